The number of nitrogens with one attached hydrogen (secondary N) is 2. The molecule has 0 saturated heterocycles. The maximum atomic E-state index is 7.17. The molecule has 0 aliphatic heterocycles. The van der Waals surface area contributed by atoms with Crippen molar-refractivity contribution in [2.45, 2.75) is 0 Å². The number of hydrogen-bond acceptors (Lipinski definition) is 1. The standard InChI is InChI=1S/C16H15N5/c17-15(21-16(18)19)12-6-3-5-10(8-12)14-9-11-4-1-2-7-13(11)20-14/h1-9,20H,(H5,17,18,19,21). The van der Waals surface area contributed by atoms with Gasteiger partial charge in [-0.15, -0.1) is 0 Å². The number of para-hydroxylation sites is 1. The van der Waals surface area contributed by atoms with Crippen molar-refractivity contribution in [1.29, 1.82) is 5.41 Å². The molecule has 0 bridgehead atoms. The van der Waals surface area contributed by atoms with Crippen molar-refractivity contribution in [1.82, 2.24) is 4.98 Å². The first-order valence-electron chi connectivity index (χ1n) is 6.50. The Kier molecular flexibility index (Phi) is 3.16. The molecule has 21 heavy (non-hydrogen) atoms. The van der Waals surface area contributed by atoms with Crippen LogP contribution < -0.4 is 11.5 Å². The van der Waals surface area contributed by atoms with Gasteiger partial charge in [-0.1, -0.05) is 36.4 Å². The molecule has 1 heterocycles. The molecule has 0 fully saturated rings. The summed E-state index contributed by atoms with van der Waals surface area (Å²) in [5.41, 5.74) is 14.9. The van der Waals surface area contributed by atoms with Crippen molar-refractivity contribution >= 4 is 22.7 Å². The van der Waals surface area contributed by atoms with Crippen molar-refractivity contribution in [3.8, 4) is 11.3 Å². The second kappa shape index (κ2) is 5.13. The molecule has 104 valence electrons. The number of H-pyrrole nitrogens is 1. The van der Waals surface area contributed by atoms with Crippen LogP contribution in [0.1, 0.15) is 5.56 Å². The highest BCUT2D eigenvalue weighted by Gasteiger charge is 2.05. The van der Waals surface area contributed by atoms with E-state index in [4.69, 9.17) is 16.9 Å². The minimum Gasteiger partial charge on any atom is -0.383 e. The molecule has 0 aliphatic rings. The summed E-state index contributed by atoms with van der Waals surface area (Å²) in [6.45, 7) is 0. The lowest BCUT2D eigenvalue weighted by Crippen LogP contribution is -2.18. The van der Waals surface area contributed by atoms with Gasteiger partial charge >= 0.3 is 0 Å². The monoisotopic (exact) mass is 277 g/mol. The van der Waals surface area contributed by atoms with E-state index in [1.807, 2.05) is 42.5 Å². The molecule has 2 aromatic carbocycles. The van der Waals surface area contributed by atoms with Crippen molar-refractivity contribution in [2.75, 3.05) is 0 Å². The van der Waals surface area contributed by atoms with Crippen LogP contribution in [0.25, 0.3) is 22.2 Å². The second-order valence-corrected chi connectivity index (χ2v) is 4.73. The summed E-state index contributed by atoms with van der Waals surface area (Å²) in [4.78, 5) is 7.14. The number of aromatic nitrogens is 1. The highest BCUT2D eigenvalue weighted by atomic mass is 15.0. The summed E-state index contributed by atoms with van der Waals surface area (Å²) in [6, 6.07) is 17.9. The Morgan fingerprint density at radius 3 is 2.57 bits per heavy atom. The molecular weight excluding hydrogens is 262 g/mol. The predicted molar refractivity (Wildman–Crippen MR) is 86.4 cm³/mol. The van der Waals surface area contributed by atoms with E-state index in [0.29, 0.717) is 0 Å². The summed E-state index contributed by atoms with van der Waals surface area (Å²) in [5.74, 6) is -0.0658. The molecule has 0 aliphatic carbocycles. The molecule has 1 aromatic heterocycles. The number of amidine groups is 1. The molecule has 3 aromatic rings. The van der Waals surface area contributed by atoms with E-state index in [2.05, 4.69) is 22.1 Å². The van der Waals surface area contributed by atoms with Crippen LogP contribution in [0, 0.1) is 5.41 Å². The Hall–Kier alpha value is -3.08. The third-order valence-electron chi connectivity index (χ3n) is 3.24. The zero-order chi connectivity index (χ0) is 14.8. The van der Waals surface area contributed by atoms with Crippen molar-refractivity contribution in [3.63, 3.8) is 0 Å². The number of benzene rings is 2. The molecule has 0 spiro atoms. The van der Waals surface area contributed by atoms with Gasteiger partial charge in [0.15, 0.2) is 0 Å². The number of fused-ring (bicyclic) bond motifs is 1. The van der Waals surface area contributed by atoms with Gasteiger partial charge in [0.05, 0.1) is 0 Å². The SMILES string of the molecule is N=C(N)N=C(N)c1cccc(-c2cc3ccccc3[nH]2)c1. The van der Waals surface area contributed by atoms with Gasteiger partial charge in [0.2, 0.25) is 5.96 Å². The second-order valence-electron chi connectivity index (χ2n) is 4.73. The van der Waals surface area contributed by atoms with E-state index < -0.39 is 0 Å². The Morgan fingerprint density at radius 1 is 1.00 bits per heavy atom. The maximum absolute atomic E-state index is 7.17. The van der Waals surface area contributed by atoms with E-state index in [0.717, 1.165) is 27.7 Å². The van der Waals surface area contributed by atoms with Gasteiger partial charge in [-0.25, -0.2) is 0 Å². The molecule has 6 N–H and O–H groups in total. The molecule has 0 atom stereocenters. The highest BCUT2D eigenvalue weighted by Crippen LogP contribution is 2.24. The molecule has 5 heteroatoms. The van der Waals surface area contributed by atoms with Gasteiger partial charge in [0.25, 0.3) is 0 Å². The first kappa shape index (κ1) is 12.9. The third kappa shape index (κ3) is 2.62. The van der Waals surface area contributed by atoms with Crippen LogP contribution in [0.4, 0.5) is 0 Å². The fourth-order valence-corrected chi connectivity index (χ4v) is 2.27. The van der Waals surface area contributed by atoms with Crippen LogP contribution in [0.15, 0.2) is 59.6 Å². The summed E-state index contributed by atoms with van der Waals surface area (Å²) in [6.07, 6.45) is 0. The fraction of sp³-hybridized carbons (Fsp3) is 0. The van der Waals surface area contributed by atoms with Crippen molar-refractivity contribution < 1.29 is 0 Å². The number of guanidine groups is 1. The molecule has 0 saturated carbocycles. The summed E-state index contributed by atoms with van der Waals surface area (Å²) < 4.78 is 0. The lowest BCUT2D eigenvalue weighted by molar-refractivity contribution is 1.36. The van der Waals surface area contributed by atoms with E-state index in [1.165, 1.54) is 0 Å². The lowest BCUT2D eigenvalue weighted by Gasteiger charge is -2.03. The Bertz CT molecular complexity index is 812. The van der Waals surface area contributed by atoms with E-state index in [9.17, 15) is 0 Å². The average Bonchev–Trinajstić information content (AvgIpc) is 2.90. The number of aromatic amines is 1. The normalized spacial score (nSPS) is 11.7. The fourth-order valence-electron chi connectivity index (χ4n) is 2.27. The maximum Gasteiger partial charge on any atom is 0.214 e. The quantitative estimate of drug-likeness (QED) is 0.427. The average molecular weight is 277 g/mol. The Morgan fingerprint density at radius 2 is 1.81 bits per heavy atom. The lowest BCUT2D eigenvalue weighted by atomic mass is 10.1. The van der Waals surface area contributed by atoms with Crippen molar-refractivity contribution in [2.24, 2.45) is 16.5 Å². The summed E-state index contributed by atoms with van der Waals surface area (Å²) in [7, 11) is 0. The largest absolute Gasteiger partial charge is 0.383 e. The van der Waals surface area contributed by atoms with Gasteiger partial charge < -0.3 is 16.5 Å². The molecule has 0 unspecified atom stereocenters. The third-order valence-corrected chi connectivity index (χ3v) is 3.24. The van der Waals surface area contributed by atoms with Gasteiger partial charge in [0.1, 0.15) is 5.84 Å². The number of nitrogens with two attached hydrogens (primary N) is 2. The zero-order valence-corrected chi connectivity index (χ0v) is 11.3. The molecule has 3 rings (SSSR count). The summed E-state index contributed by atoms with van der Waals surface area (Å²) in [5, 5.41) is 8.32. The van der Waals surface area contributed by atoms with Gasteiger partial charge in [-0.2, -0.15) is 4.99 Å². The minimum absolute atomic E-state index is 0.237. The summed E-state index contributed by atoms with van der Waals surface area (Å²) >= 11 is 0. The Labute approximate surface area is 121 Å². The zero-order valence-electron chi connectivity index (χ0n) is 11.3. The number of nitrogens with zero attached hydrogens (tertiary/aromatic N) is 1. The van der Waals surface area contributed by atoms with Crippen LogP contribution in [0.3, 0.4) is 0 Å². The molecule has 0 amide bonds. The number of aliphatic imine (C=N–C) groups is 1. The van der Waals surface area contributed by atoms with Crippen LogP contribution >= 0.6 is 0 Å². The van der Waals surface area contributed by atoms with E-state index >= 15 is 0 Å². The molecular formula is C16H15N5. The van der Waals surface area contributed by atoms with Crippen LogP contribution in [-0.2, 0) is 0 Å². The van der Waals surface area contributed by atoms with Gasteiger partial charge in [0, 0.05) is 22.2 Å². The topological polar surface area (TPSA) is 104 Å². The number of rotatable bonds is 2. The first-order chi connectivity index (χ1) is 10.1. The van der Waals surface area contributed by atoms with Crippen LogP contribution in [0.5, 0.6) is 0 Å². The first-order valence-corrected chi connectivity index (χ1v) is 6.50. The van der Waals surface area contributed by atoms with E-state index in [-0.39, 0.29) is 11.8 Å². The van der Waals surface area contributed by atoms with Gasteiger partial charge in [-0.3, -0.25) is 5.41 Å². The smallest absolute Gasteiger partial charge is 0.214 e. The Balaban J connectivity index is 2.05. The predicted octanol–water partition coefficient (Wildman–Crippen LogP) is 2.43. The number of hydrogen-bond donors (Lipinski definition) is 4. The minimum atomic E-state index is -0.302. The van der Waals surface area contributed by atoms with Gasteiger partial charge in [-0.05, 0) is 23.8 Å². The molecule has 5 nitrogen and oxygen atoms in total. The highest BCUT2D eigenvalue weighted by molar-refractivity contribution is 6.04. The molecule has 0 radical (unpaired) electrons. The van der Waals surface area contributed by atoms with E-state index in [1.54, 1.807) is 0 Å². The van der Waals surface area contributed by atoms with Crippen LogP contribution in [-0.4, -0.2) is 16.8 Å². The van der Waals surface area contributed by atoms with Crippen LogP contribution in [0.2, 0.25) is 0 Å². The van der Waals surface area contributed by atoms with Crippen molar-refractivity contribution in [3.05, 3.63) is 60.2 Å².